The minimum Gasteiger partial charge on any atom is -0.481 e. The zero-order chi connectivity index (χ0) is 26.9. The first-order valence-electron chi connectivity index (χ1n) is 12.5. The summed E-state index contributed by atoms with van der Waals surface area (Å²) in [5.74, 6) is -1.89. The molecule has 7 nitrogen and oxygen atoms in total. The molecule has 38 heavy (non-hydrogen) atoms. The summed E-state index contributed by atoms with van der Waals surface area (Å²) in [6.07, 6.45) is 1.61. The molecular weight excluding hydrogens is 478 g/mol. The number of nitrogens with one attached hydrogen (secondary N) is 2. The van der Waals surface area contributed by atoms with Gasteiger partial charge in [-0.3, -0.25) is 14.6 Å². The van der Waals surface area contributed by atoms with E-state index in [4.69, 9.17) is 0 Å². The van der Waals surface area contributed by atoms with E-state index in [1.807, 2.05) is 73.7 Å². The molecule has 7 heteroatoms. The third-order valence-electron chi connectivity index (χ3n) is 6.33. The van der Waals surface area contributed by atoms with Crippen molar-refractivity contribution in [3.63, 3.8) is 0 Å². The Morgan fingerprint density at radius 1 is 0.842 bits per heavy atom. The Labute approximate surface area is 222 Å². The first-order chi connectivity index (χ1) is 18.4. The van der Waals surface area contributed by atoms with Crippen LogP contribution in [-0.4, -0.2) is 33.3 Å². The second kappa shape index (κ2) is 12.7. The molecule has 0 saturated carbocycles. The number of aliphatic carboxylic acids is 1. The number of carbonyl (C=O) groups is 2. The average molecular weight is 510 g/mol. The van der Waals surface area contributed by atoms with E-state index >= 15 is 0 Å². The summed E-state index contributed by atoms with van der Waals surface area (Å²) in [6, 6.07) is 28.0. The number of pyridine rings is 1. The molecule has 0 aliphatic carbocycles. The Bertz CT molecular complexity index is 1340. The second-order valence-electron chi connectivity index (χ2n) is 9.25. The van der Waals surface area contributed by atoms with Crippen LogP contribution in [-0.2, 0) is 11.2 Å². The maximum Gasteiger partial charge on any atom is 0.306 e. The van der Waals surface area contributed by atoms with Crippen LogP contribution in [0.25, 0.3) is 11.3 Å². The van der Waals surface area contributed by atoms with Gasteiger partial charge in [0.1, 0.15) is 0 Å². The van der Waals surface area contributed by atoms with Crippen LogP contribution in [0.1, 0.15) is 34.3 Å². The molecule has 0 spiro atoms. The first kappa shape index (κ1) is 26.6. The van der Waals surface area contributed by atoms with E-state index in [0.29, 0.717) is 29.8 Å². The van der Waals surface area contributed by atoms with Crippen molar-refractivity contribution in [3.05, 3.63) is 114 Å². The number of Topliss-reactive ketones (excluding diaryl/α,β-unsaturated/α-hetero) is 1. The van der Waals surface area contributed by atoms with E-state index in [1.165, 1.54) is 0 Å². The van der Waals surface area contributed by atoms with E-state index in [2.05, 4.69) is 15.6 Å². The number of nitrogens with zero attached hydrogens (tertiary/aromatic N) is 1. The molecule has 1 aromatic heterocycles. The highest BCUT2D eigenvalue weighted by molar-refractivity contribution is 5.98. The number of anilines is 2. The Hall–Kier alpha value is -4.49. The Balaban J connectivity index is 1.32. The van der Waals surface area contributed by atoms with Crippen molar-refractivity contribution < 1.29 is 19.8 Å². The fourth-order valence-corrected chi connectivity index (χ4v) is 4.12. The quantitative estimate of drug-likeness (QED) is 0.142. The highest BCUT2D eigenvalue weighted by Crippen LogP contribution is 2.22. The van der Waals surface area contributed by atoms with Gasteiger partial charge in [-0.15, -0.1) is 0 Å². The van der Waals surface area contributed by atoms with Gasteiger partial charge in [0.15, 0.2) is 5.78 Å². The molecular formula is C31H31N3O4. The minimum absolute atomic E-state index is 0.0426. The number of hydrogen-bond acceptors (Lipinski definition) is 6. The maximum atomic E-state index is 12.8. The number of hydrogen-bond donors (Lipinski definition) is 4. The fraction of sp³-hybridized carbons (Fsp3) is 0.194. The van der Waals surface area contributed by atoms with Crippen LogP contribution in [0.3, 0.4) is 0 Å². The van der Waals surface area contributed by atoms with Crippen LogP contribution in [0.4, 0.5) is 11.4 Å². The monoisotopic (exact) mass is 509 g/mol. The molecule has 4 rings (SSSR count). The predicted octanol–water partition coefficient (Wildman–Crippen LogP) is 5.76. The molecule has 0 aliphatic heterocycles. The number of ketones is 1. The lowest BCUT2D eigenvalue weighted by Crippen LogP contribution is -2.27. The first-order valence-corrected chi connectivity index (χ1v) is 12.5. The second-order valence-corrected chi connectivity index (χ2v) is 9.25. The molecule has 0 amide bonds. The number of rotatable bonds is 12. The summed E-state index contributed by atoms with van der Waals surface area (Å²) in [5, 5.41) is 25.8. The molecule has 194 valence electrons. The Kier molecular flexibility index (Phi) is 8.85. The number of aryl methyl sites for hydroxylation is 2. The summed E-state index contributed by atoms with van der Waals surface area (Å²) in [7, 11) is 0. The number of aliphatic hydroxyl groups is 1. The molecule has 2 atom stereocenters. The number of carboxylic acids is 1. The van der Waals surface area contributed by atoms with E-state index in [9.17, 15) is 19.8 Å². The Morgan fingerprint density at radius 2 is 1.50 bits per heavy atom. The molecule has 1 heterocycles. The lowest BCUT2D eigenvalue weighted by atomic mass is 9.92. The van der Waals surface area contributed by atoms with Crippen molar-refractivity contribution in [1.82, 2.24) is 4.98 Å². The van der Waals surface area contributed by atoms with Gasteiger partial charge < -0.3 is 20.8 Å². The SMILES string of the molecule is Cc1ccc(NC(O)Nc2ccc(-c3ccc(C(=O)CC(CCc4ccccc4)C(=O)O)cc3)nc2)cc1. The van der Waals surface area contributed by atoms with E-state index < -0.39 is 18.2 Å². The van der Waals surface area contributed by atoms with Gasteiger partial charge in [0.25, 0.3) is 0 Å². The van der Waals surface area contributed by atoms with Crippen LogP contribution in [0, 0.1) is 12.8 Å². The van der Waals surface area contributed by atoms with Gasteiger partial charge in [0.05, 0.1) is 23.5 Å². The molecule has 4 aromatic rings. The molecule has 3 aromatic carbocycles. The number of carbonyl (C=O) groups excluding carboxylic acids is 1. The molecule has 0 radical (unpaired) electrons. The van der Waals surface area contributed by atoms with Gasteiger partial charge in [-0.2, -0.15) is 0 Å². The van der Waals surface area contributed by atoms with Gasteiger partial charge >= 0.3 is 5.97 Å². The average Bonchev–Trinajstić information content (AvgIpc) is 2.93. The molecule has 0 fully saturated rings. The summed E-state index contributed by atoms with van der Waals surface area (Å²) in [6.45, 7) is 2.00. The molecule has 4 N–H and O–H groups in total. The van der Waals surface area contributed by atoms with Crippen LogP contribution >= 0.6 is 0 Å². The summed E-state index contributed by atoms with van der Waals surface area (Å²) >= 11 is 0. The van der Waals surface area contributed by atoms with E-state index in [0.717, 1.165) is 22.4 Å². The van der Waals surface area contributed by atoms with Crippen molar-refractivity contribution in [3.8, 4) is 11.3 Å². The molecule has 0 bridgehead atoms. The van der Waals surface area contributed by atoms with Crippen molar-refractivity contribution in [2.75, 3.05) is 10.6 Å². The van der Waals surface area contributed by atoms with Gasteiger partial charge in [0, 0.05) is 23.2 Å². The maximum absolute atomic E-state index is 12.8. The van der Waals surface area contributed by atoms with Crippen molar-refractivity contribution in [2.45, 2.75) is 32.5 Å². The minimum atomic E-state index is -0.988. The van der Waals surface area contributed by atoms with Crippen LogP contribution in [0.2, 0.25) is 0 Å². The predicted molar refractivity (Wildman–Crippen MR) is 149 cm³/mol. The summed E-state index contributed by atoms with van der Waals surface area (Å²) in [4.78, 5) is 29.0. The largest absolute Gasteiger partial charge is 0.481 e. The summed E-state index contributed by atoms with van der Waals surface area (Å²) < 4.78 is 0. The van der Waals surface area contributed by atoms with Crippen molar-refractivity contribution in [2.24, 2.45) is 5.92 Å². The van der Waals surface area contributed by atoms with E-state index in [-0.39, 0.29) is 12.2 Å². The lowest BCUT2D eigenvalue weighted by Gasteiger charge is -2.17. The van der Waals surface area contributed by atoms with Crippen molar-refractivity contribution >= 4 is 23.1 Å². The van der Waals surface area contributed by atoms with Crippen LogP contribution in [0.15, 0.2) is 97.2 Å². The molecule has 0 aliphatic rings. The number of aromatic nitrogens is 1. The standard InChI is InChI=1S/C31H31N3O4/c1-21-7-15-26(16-8-21)33-31(38)34-27-17-18-28(32-20-27)23-11-13-24(14-12-23)29(35)19-25(30(36)37)10-9-22-5-3-2-4-6-22/h2-8,11-18,20,25,31,33-34,38H,9-10,19H2,1H3,(H,36,37). The Morgan fingerprint density at radius 3 is 2.13 bits per heavy atom. The molecule has 2 unspecified atom stereocenters. The third kappa shape index (κ3) is 7.51. The number of aliphatic hydroxyl groups excluding tert-OH is 1. The number of carboxylic acid groups (broad SMARTS) is 1. The highest BCUT2D eigenvalue weighted by Gasteiger charge is 2.22. The normalized spacial score (nSPS) is 12.4. The number of benzene rings is 3. The fourth-order valence-electron chi connectivity index (χ4n) is 4.12. The van der Waals surface area contributed by atoms with Gasteiger partial charge in [-0.05, 0) is 49.6 Å². The lowest BCUT2D eigenvalue weighted by molar-refractivity contribution is -0.141. The molecule has 0 saturated heterocycles. The van der Waals surface area contributed by atoms with E-state index in [1.54, 1.807) is 30.5 Å². The van der Waals surface area contributed by atoms with Gasteiger partial charge in [0.2, 0.25) is 6.35 Å². The van der Waals surface area contributed by atoms with Gasteiger partial charge in [-0.25, -0.2) is 0 Å². The van der Waals surface area contributed by atoms with Crippen LogP contribution in [0.5, 0.6) is 0 Å². The summed E-state index contributed by atoms with van der Waals surface area (Å²) in [5.41, 5.74) is 5.64. The zero-order valence-corrected chi connectivity index (χ0v) is 21.2. The van der Waals surface area contributed by atoms with Crippen LogP contribution < -0.4 is 10.6 Å². The highest BCUT2D eigenvalue weighted by atomic mass is 16.4. The topological polar surface area (TPSA) is 112 Å². The third-order valence-corrected chi connectivity index (χ3v) is 6.33. The smallest absolute Gasteiger partial charge is 0.306 e. The van der Waals surface area contributed by atoms with Crippen molar-refractivity contribution in [1.29, 1.82) is 0 Å². The zero-order valence-electron chi connectivity index (χ0n) is 21.2. The van der Waals surface area contributed by atoms with Gasteiger partial charge in [-0.1, -0.05) is 72.3 Å².